The van der Waals surface area contributed by atoms with Gasteiger partial charge in [-0.3, -0.25) is 9.59 Å². The third-order valence-corrected chi connectivity index (χ3v) is 4.53. The number of primary amides is 1. The van der Waals surface area contributed by atoms with Crippen LogP contribution >= 0.6 is 11.6 Å². The number of amides is 1. The van der Waals surface area contributed by atoms with Crippen LogP contribution in [-0.2, 0) is 17.8 Å². The van der Waals surface area contributed by atoms with Crippen molar-refractivity contribution >= 4 is 23.3 Å². The van der Waals surface area contributed by atoms with E-state index in [9.17, 15) is 14.0 Å². The molecule has 7 nitrogen and oxygen atoms in total. The Hall–Kier alpha value is -3.26. The van der Waals surface area contributed by atoms with Crippen molar-refractivity contribution in [1.82, 2.24) is 14.8 Å². The minimum atomic E-state index is -0.834. The summed E-state index contributed by atoms with van der Waals surface area (Å²) in [4.78, 5) is 28.2. The molecule has 0 aliphatic rings. The lowest BCUT2D eigenvalue weighted by molar-refractivity contribution is -0.119. The number of ether oxygens (including phenoxy) is 1. The molecule has 0 saturated heterocycles. The molecule has 1 aromatic heterocycles. The lowest BCUT2D eigenvalue weighted by Gasteiger charge is -2.05. The van der Waals surface area contributed by atoms with Gasteiger partial charge in [-0.05, 0) is 42.3 Å². The first kappa shape index (κ1) is 20.5. The van der Waals surface area contributed by atoms with Crippen LogP contribution in [0.15, 0.2) is 42.5 Å². The molecule has 2 aromatic carbocycles. The maximum atomic E-state index is 13.7. The Bertz CT molecular complexity index is 1070. The number of methoxy groups -OCH3 is 1. The van der Waals surface area contributed by atoms with E-state index < -0.39 is 11.7 Å². The summed E-state index contributed by atoms with van der Waals surface area (Å²) in [6.07, 6.45) is 0.738. The second kappa shape index (κ2) is 8.83. The van der Waals surface area contributed by atoms with E-state index in [-0.39, 0.29) is 35.4 Å². The Kier molecular flexibility index (Phi) is 6.23. The lowest BCUT2D eigenvalue weighted by Crippen LogP contribution is -2.22. The van der Waals surface area contributed by atoms with Crippen molar-refractivity contribution in [1.29, 1.82) is 0 Å². The number of benzene rings is 2. The van der Waals surface area contributed by atoms with Gasteiger partial charge in [-0.1, -0.05) is 23.7 Å². The lowest BCUT2D eigenvalue weighted by atomic mass is 10.1. The summed E-state index contributed by atoms with van der Waals surface area (Å²) in [5.74, 6) is -1.02. The zero-order chi connectivity index (χ0) is 21.0. The highest BCUT2D eigenvalue weighted by atomic mass is 35.5. The molecule has 29 heavy (non-hydrogen) atoms. The van der Waals surface area contributed by atoms with E-state index >= 15 is 0 Å². The average molecular weight is 417 g/mol. The number of rotatable bonds is 8. The molecule has 3 rings (SSSR count). The molecule has 0 atom stereocenters. The van der Waals surface area contributed by atoms with Gasteiger partial charge in [0.1, 0.15) is 18.1 Å². The maximum absolute atomic E-state index is 13.7. The number of aryl methyl sites for hydroxylation is 1. The normalized spacial score (nSPS) is 10.7. The number of halogens is 2. The molecule has 0 unspecified atom stereocenters. The van der Waals surface area contributed by atoms with Gasteiger partial charge in [-0.15, -0.1) is 5.10 Å². The molecule has 1 amide bonds. The number of Topliss-reactive ketones (excluding diaryl/α,β-unsaturated/α-hetero) is 1. The molecule has 0 fully saturated rings. The Morgan fingerprint density at radius 2 is 2.03 bits per heavy atom. The van der Waals surface area contributed by atoms with Gasteiger partial charge in [0.15, 0.2) is 11.6 Å². The number of nitrogens with zero attached hydrogens (tertiary/aromatic N) is 3. The van der Waals surface area contributed by atoms with Crippen LogP contribution in [0.5, 0.6) is 5.75 Å². The van der Waals surface area contributed by atoms with Crippen LogP contribution in [0, 0.1) is 5.82 Å². The standard InChI is InChI=1S/C20H18ClFN4O3/c1-29-15-4-2-3-12(9-15)5-7-14(27)11-26-20(18(23)28)24-19(25-26)13-6-8-16(21)17(22)10-13/h2-4,6,8-10H,5,7,11H2,1H3,(H2,23,28). The van der Waals surface area contributed by atoms with E-state index in [2.05, 4.69) is 10.1 Å². The fraction of sp³-hybridized carbons (Fsp3) is 0.200. The topological polar surface area (TPSA) is 100 Å². The maximum Gasteiger partial charge on any atom is 0.286 e. The Balaban J connectivity index is 1.75. The van der Waals surface area contributed by atoms with Gasteiger partial charge in [0, 0.05) is 12.0 Å². The first-order valence-corrected chi connectivity index (χ1v) is 9.10. The molecule has 1 heterocycles. The van der Waals surface area contributed by atoms with Crippen LogP contribution in [0.2, 0.25) is 5.02 Å². The number of hydrogen-bond acceptors (Lipinski definition) is 5. The fourth-order valence-electron chi connectivity index (χ4n) is 2.75. The average Bonchev–Trinajstić information content (AvgIpc) is 3.12. The van der Waals surface area contributed by atoms with Crippen LogP contribution in [-0.4, -0.2) is 33.6 Å². The van der Waals surface area contributed by atoms with Crippen molar-refractivity contribution in [2.75, 3.05) is 7.11 Å². The first-order valence-electron chi connectivity index (χ1n) is 8.72. The van der Waals surface area contributed by atoms with E-state index in [0.717, 1.165) is 16.3 Å². The van der Waals surface area contributed by atoms with Crippen LogP contribution in [0.25, 0.3) is 11.4 Å². The van der Waals surface area contributed by atoms with Crippen molar-refractivity contribution in [2.24, 2.45) is 5.73 Å². The SMILES string of the molecule is COc1cccc(CCC(=O)Cn2nc(-c3ccc(Cl)c(F)c3)nc2C(N)=O)c1. The van der Waals surface area contributed by atoms with Gasteiger partial charge >= 0.3 is 0 Å². The molecule has 2 N–H and O–H groups in total. The third-order valence-electron chi connectivity index (χ3n) is 4.22. The largest absolute Gasteiger partial charge is 0.497 e. The molecule has 3 aromatic rings. The molecule has 0 radical (unpaired) electrons. The Labute approximate surface area is 171 Å². The van der Waals surface area contributed by atoms with Gasteiger partial charge in [0.05, 0.1) is 12.1 Å². The molecular weight excluding hydrogens is 399 g/mol. The summed E-state index contributed by atoms with van der Waals surface area (Å²) in [7, 11) is 1.57. The number of carbonyl (C=O) groups is 2. The van der Waals surface area contributed by atoms with Crippen molar-refractivity contribution in [2.45, 2.75) is 19.4 Å². The summed E-state index contributed by atoms with van der Waals surface area (Å²) in [5, 5.41) is 4.10. The molecule has 9 heteroatoms. The number of hydrogen-bond donors (Lipinski definition) is 1. The van der Waals surface area contributed by atoms with Gasteiger partial charge in [0.2, 0.25) is 5.82 Å². The highest BCUT2D eigenvalue weighted by Crippen LogP contribution is 2.22. The smallest absolute Gasteiger partial charge is 0.286 e. The monoisotopic (exact) mass is 416 g/mol. The zero-order valence-electron chi connectivity index (χ0n) is 15.6. The minimum absolute atomic E-state index is 0.0453. The molecule has 0 aliphatic heterocycles. The molecule has 0 saturated carbocycles. The van der Waals surface area contributed by atoms with E-state index in [1.54, 1.807) is 7.11 Å². The number of ketones is 1. The van der Waals surface area contributed by atoms with Gasteiger partial charge in [-0.25, -0.2) is 14.1 Å². The van der Waals surface area contributed by atoms with Crippen molar-refractivity contribution in [3.8, 4) is 17.1 Å². The molecule has 0 bridgehead atoms. The van der Waals surface area contributed by atoms with Crippen LogP contribution in [0.4, 0.5) is 4.39 Å². The number of aromatic nitrogens is 3. The minimum Gasteiger partial charge on any atom is -0.497 e. The highest BCUT2D eigenvalue weighted by Gasteiger charge is 2.19. The number of carbonyl (C=O) groups excluding carboxylic acids is 2. The van der Waals surface area contributed by atoms with Crippen LogP contribution < -0.4 is 10.5 Å². The molecular formula is C20H18ClFN4O3. The summed E-state index contributed by atoms with van der Waals surface area (Å²) in [6.45, 7) is -0.175. The van der Waals surface area contributed by atoms with E-state index in [0.29, 0.717) is 17.7 Å². The van der Waals surface area contributed by atoms with Crippen molar-refractivity contribution in [3.05, 3.63) is 64.7 Å². The second-order valence-electron chi connectivity index (χ2n) is 6.30. The van der Waals surface area contributed by atoms with Crippen molar-refractivity contribution in [3.63, 3.8) is 0 Å². The quantitative estimate of drug-likeness (QED) is 0.608. The van der Waals surface area contributed by atoms with Gasteiger partial charge in [-0.2, -0.15) is 0 Å². The molecule has 0 aliphatic carbocycles. The first-order chi connectivity index (χ1) is 13.9. The van der Waals surface area contributed by atoms with E-state index in [1.165, 1.54) is 12.1 Å². The summed E-state index contributed by atoms with van der Waals surface area (Å²) >= 11 is 5.68. The third kappa shape index (κ3) is 4.97. The van der Waals surface area contributed by atoms with Crippen molar-refractivity contribution < 1.29 is 18.7 Å². The van der Waals surface area contributed by atoms with Crippen LogP contribution in [0.3, 0.4) is 0 Å². The van der Waals surface area contributed by atoms with E-state index in [4.69, 9.17) is 22.1 Å². The predicted molar refractivity (Wildman–Crippen MR) is 105 cm³/mol. The summed E-state index contributed by atoms with van der Waals surface area (Å²) in [6, 6.07) is 11.4. The van der Waals surface area contributed by atoms with Gasteiger partial charge in [0.25, 0.3) is 5.91 Å². The Morgan fingerprint density at radius 3 is 2.72 bits per heavy atom. The zero-order valence-corrected chi connectivity index (χ0v) is 16.3. The summed E-state index contributed by atoms with van der Waals surface area (Å²) in [5.41, 5.74) is 6.61. The fourth-order valence-corrected chi connectivity index (χ4v) is 2.87. The van der Waals surface area contributed by atoms with E-state index in [1.807, 2.05) is 24.3 Å². The Morgan fingerprint density at radius 1 is 1.24 bits per heavy atom. The second-order valence-corrected chi connectivity index (χ2v) is 6.71. The van der Waals surface area contributed by atoms with Gasteiger partial charge < -0.3 is 10.5 Å². The van der Waals surface area contributed by atoms with Crippen LogP contribution in [0.1, 0.15) is 22.6 Å². The molecule has 150 valence electrons. The molecule has 0 spiro atoms. The highest BCUT2D eigenvalue weighted by molar-refractivity contribution is 6.30. The predicted octanol–water partition coefficient (Wildman–Crippen LogP) is 3.05. The number of nitrogens with two attached hydrogens (primary N) is 1. The summed E-state index contributed by atoms with van der Waals surface area (Å²) < 4.78 is 20.0.